The molecule has 0 aliphatic carbocycles. The number of aromatic nitrogens is 4. The number of imidazole rings is 1. The Morgan fingerprint density at radius 1 is 1.23 bits per heavy atom. The van der Waals surface area contributed by atoms with E-state index in [4.69, 9.17) is 0 Å². The summed E-state index contributed by atoms with van der Waals surface area (Å²) in [6, 6.07) is 7.95. The molecule has 0 spiro atoms. The maximum absolute atomic E-state index is 12.6. The van der Waals surface area contributed by atoms with Crippen molar-refractivity contribution in [2.75, 3.05) is 31.1 Å². The summed E-state index contributed by atoms with van der Waals surface area (Å²) in [7, 11) is 1.62. The number of aryl methyl sites for hydroxylation is 1. The van der Waals surface area contributed by atoms with E-state index in [0.717, 1.165) is 36.2 Å². The van der Waals surface area contributed by atoms with Crippen LogP contribution in [0.1, 0.15) is 5.56 Å². The molecule has 0 atom stereocenters. The van der Waals surface area contributed by atoms with E-state index < -0.39 is 11.2 Å². The number of H-pyrrole nitrogens is 1. The molecule has 0 amide bonds. The van der Waals surface area contributed by atoms with Crippen molar-refractivity contribution in [2.45, 2.75) is 6.54 Å². The molecule has 26 heavy (non-hydrogen) atoms. The van der Waals surface area contributed by atoms with Gasteiger partial charge in [-0.05, 0) is 17.7 Å². The van der Waals surface area contributed by atoms with E-state index in [2.05, 4.69) is 36.1 Å². The summed E-state index contributed by atoms with van der Waals surface area (Å²) < 4.78 is 4.27. The molecule has 0 radical (unpaired) electrons. The molecule has 3 heterocycles. The molecule has 136 valence electrons. The number of fused-ring (bicyclic) bond motifs is 1. The fourth-order valence-corrected chi connectivity index (χ4v) is 3.74. The predicted octanol–water partition coefficient (Wildman–Crippen LogP) is 0.644. The van der Waals surface area contributed by atoms with Gasteiger partial charge in [0.15, 0.2) is 11.2 Å². The second-order valence-electron chi connectivity index (χ2n) is 6.36. The van der Waals surface area contributed by atoms with Crippen LogP contribution in [0.2, 0.25) is 0 Å². The molecule has 0 bridgehead atoms. The molecule has 1 fully saturated rings. The molecule has 1 aliphatic rings. The highest BCUT2D eigenvalue weighted by Gasteiger charge is 2.22. The van der Waals surface area contributed by atoms with Gasteiger partial charge in [0.05, 0.1) is 6.54 Å². The summed E-state index contributed by atoms with van der Waals surface area (Å²) in [5.74, 6) is 0.716. The quantitative estimate of drug-likeness (QED) is 0.651. The molecular weight excluding hydrogens is 400 g/mol. The Morgan fingerprint density at radius 2 is 2.00 bits per heavy atom. The first-order valence-electron chi connectivity index (χ1n) is 8.44. The van der Waals surface area contributed by atoms with Gasteiger partial charge in [-0.3, -0.25) is 18.9 Å². The number of hydrogen-bond acceptors (Lipinski definition) is 5. The summed E-state index contributed by atoms with van der Waals surface area (Å²) in [5, 5.41) is 3.32. The van der Waals surface area contributed by atoms with Gasteiger partial charge < -0.3 is 10.2 Å². The van der Waals surface area contributed by atoms with E-state index >= 15 is 0 Å². The van der Waals surface area contributed by atoms with Crippen LogP contribution in [0.4, 0.5) is 5.95 Å². The van der Waals surface area contributed by atoms with Crippen LogP contribution in [0.15, 0.2) is 38.3 Å². The van der Waals surface area contributed by atoms with Crippen molar-refractivity contribution in [3.05, 3.63) is 55.1 Å². The molecule has 3 aromatic rings. The van der Waals surface area contributed by atoms with Crippen molar-refractivity contribution < 1.29 is 0 Å². The predicted molar refractivity (Wildman–Crippen MR) is 104 cm³/mol. The first-order valence-corrected chi connectivity index (χ1v) is 9.23. The minimum absolute atomic E-state index is 0.405. The number of hydrogen-bond donors (Lipinski definition) is 2. The lowest BCUT2D eigenvalue weighted by molar-refractivity contribution is 0.571. The monoisotopic (exact) mass is 418 g/mol. The molecule has 2 N–H and O–H groups in total. The van der Waals surface area contributed by atoms with Gasteiger partial charge in [0.25, 0.3) is 5.56 Å². The van der Waals surface area contributed by atoms with Crippen LogP contribution in [-0.4, -0.2) is 45.3 Å². The molecule has 0 saturated carbocycles. The van der Waals surface area contributed by atoms with Crippen LogP contribution in [0, 0.1) is 0 Å². The van der Waals surface area contributed by atoms with Crippen molar-refractivity contribution in [3.63, 3.8) is 0 Å². The van der Waals surface area contributed by atoms with Gasteiger partial charge in [0, 0.05) is 37.7 Å². The second kappa shape index (κ2) is 6.73. The smallest absolute Gasteiger partial charge is 0.329 e. The topological polar surface area (TPSA) is 87.9 Å². The number of anilines is 1. The Kier molecular flexibility index (Phi) is 4.41. The van der Waals surface area contributed by atoms with E-state index in [9.17, 15) is 9.59 Å². The highest BCUT2D eigenvalue weighted by molar-refractivity contribution is 9.10. The number of nitrogens with one attached hydrogen (secondary N) is 2. The Labute approximate surface area is 157 Å². The molecule has 0 unspecified atom stereocenters. The van der Waals surface area contributed by atoms with Gasteiger partial charge >= 0.3 is 5.69 Å². The third-order valence-corrected chi connectivity index (χ3v) is 5.11. The average Bonchev–Trinajstić information content (AvgIpc) is 3.00. The van der Waals surface area contributed by atoms with Crippen LogP contribution < -0.4 is 21.5 Å². The normalized spacial score (nSPS) is 14.9. The van der Waals surface area contributed by atoms with E-state index in [0.29, 0.717) is 23.7 Å². The molecule has 1 saturated heterocycles. The van der Waals surface area contributed by atoms with E-state index in [1.165, 1.54) is 4.57 Å². The molecule has 4 rings (SSSR count). The number of rotatable bonds is 3. The molecule has 1 aromatic carbocycles. The summed E-state index contributed by atoms with van der Waals surface area (Å²) >= 11 is 3.49. The van der Waals surface area contributed by atoms with Gasteiger partial charge in [0.1, 0.15) is 0 Å². The van der Waals surface area contributed by atoms with Gasteiger partial charge in [-0.25, -0.2) is 4.79 Å². The number of benzene rings is 1. The SMILES string of the molecule is Cn1c(=O)[nH]c(=O)c2c1nc(N1CCNCC1)n2Cc1cccc(Br)c1. The van der Waals surface area contributed by atoms with E-state index in [1.807, 2.05) is 28.8 Å². The van der Waals surface area contributed by atoms with Crippen molar-refractivity contribution in [1.29, 1.82) is 0 Å². The lowest BCUT2D eigenvalue weighted by atomic mass is 10.2. The summed E-state index contributed by atoms with van der Waals surface area (Å²) in [6.45, 7) is 3.81. The van der Waals surface area contributed by atoms with Crippen molar-refractivity contribution in [2.24, 2.45) is 7.05 Å². The lowest BCUT2D eigenvalue weighted by Gasteiger charge is -2.28. The number of halogens is 1. The van der Waals surface area contributed by atoms with Gasteiger partial charge in [0.2, 0.25) is 5.95 Å². The van der Waals surface area contributed by atoms with Crippen molar-refractivity contribution in [3.8, 4) is 0 Å². The Hall–Kier alpha value is -2.39. The zero-order valence-electron chi connectivity index (χ0n) is 14.3. The molecular formula is C17H19BrN6O2. The zero-order chi connectivity index (χ0) is 18.3. The summed E-state index contributed by atoms with van der Waals surface area (Å²) in [4.78, 5) is 33.7. The highest BCUT2D eigenvalue weighted by Crippen LogP contribution is 2.22. The number of nitrogens with zero attached hydrogens (tertiary/aromatic N) is 4. The first-order chi connectivity index (χ1) is 12.5. The van der Waals surface area contributed by atoms with Crippen molar-refractivity contribution in [1.82, 2.24) is 24.4 Å². The first kappa shape index (κ1) is 17.0. The average molecular weight is 419 g/mol. The molecule has 8 nitrogen and oxygen atoms in total. The summed E-state index contributed by atoms with van der Waals surface area (Å²) in [6.07, 6.45) is 0. The second-order valence-corrected chi connectivity index (χ2v) is 7.27. The lowest BCUT2D eigenvalue weighted by Crippen LogP contribution is -2.44. The number of aromatic amines is 1. The summed E-state index contributed by atoms with van der Waals surface area (Å²) in [5.41, 5.74) is 1.000. The Morgan fingerprint density at radius 3 is 2.73 bits per heavy atom. The fraction of sp³-hybridized carbons (Fsp3) is 0.353. The van der Waals surface area contributed by atoms with Gasteiger partial charge in [-0.15, -0.1) is 0 Å². The number of piperazine rings is 1. The third-order valence-electron chi connectivity index (χ3n) is 4.62. The van der Waals surface area contributed by atoms with Gasteiger partial charge in [-0.2, -0.15) is 4.98 Å². The van der Waals surface area contributed by atoms with Crippen LogP contribution in [0.3, 0.4) is 0 Å². The standard InChI is InChI=1S/C17H19BrN6O2/c1-22-14-13(15(25)21-17(22)26)24(10-11-3-2-4-12(18)9-11)16(20-14)23-7-5-19-6-8-23/h2-4,9,19H,5-8,10H2,1H3,(H,21,25,26). The van der Waals surface area contributed by atoms with Crippen LogP contribution in [-0.2, 0) is 13.6 Å². The minimum Gasteiger partial charge on any atom is -0.340 e. The van der Waals surface area contributed by atoms with Crippen LogP contribution in [0.25, 0.3) is 11.2 Å². The maximum Gasteiger partial charge on any atom is 0.329 e. The van der Waals surface area contributed by atoms with Gasteiger partial charge in [-0.1, -0.05) is 28.1 Å². The van der Waals surface area contributed by atoms with Crippen LogP contribution in [0.5, 0.6) is 0 Å². The molecule has 2 aromatic heterocycles. The third kappa shape index (κ3) is 2.97. The Bertz CT molecular complexity index is 1080. The minimum atomic E-state index is -0.457. The van der Waals surface area contributed by atoms with Crippen molar-refractivity contribution >= 4 is 33.0 Å². The van der Waals surface area contributed by atoms with E-state index in [-0.39, 0.29) is 0 Å². The van der Waals surface area contributed by atoms with Crippen LogP contribution >= 0.6 is 15.9 Å². The Balaban J connectivity index is 1.93. The molecule has 1 aliphatic heterocycles. The van der Waals surface area contributed by atoms with E-state index in [1.54, 1.807) is 7.05 Å². The molecule has 9 heteroatoms. The maximum atomic E-state index is 12.6. The highest BCUT2D eigenvalue weighted by atomic mass is 79.9. The fourth-order valence-electron chi connectivity index (χ4n) is 3.30. The largest absolute Gasteiger partial charge is 0.340 e. The zero-order valence-corrected chi connectivity index (χ0v) is 15.9.